The van der Waals surface area contributed by atoms with Gasteiger partial charge in [-0.2, -0.15) is 4.31 Å². The molecule has 0 saturated carbocycles. The number of likely N-dealkylation sites (N-methyl/N-ethyl adjacent to an activating group) is 1. The number of aromatic nitrogens is 2. The van der Waals surface area contributed by atoms with Crippen molar-refractivity contribution in [3.63, 3.8) is 0 Å². The Morgan fingerprint density at radius 1 is 1.45 bits per heavy atom. The summed E-state index contributed by atoms with van der Waals surface area (Å²) >= 11 is 7.40. The second-order valence-corrected chi connectivity index (χ2v) is 8.04. The van der Waals surface area contributed by atoms with Crippen molar-refractivity contribution in [1.82, 2.24) is 18.6 Å². The average molecular weight is 335 g/mol. The number of thiazole rings is 1. The third kappa shape index (κ3) is 2.15. The lowest BCUT2D eigenvalue weighted by atomic mass is 10.2. The summed E-state index contributed by atoms with van der Waals surface area (Å²) in [5.74, 6) is 0. The van der Waals surface area contributed by atoms with Crippen LogP contribution < -0.4 is 0 Å². The largest absolute Gasteiger partial charge is 0.301 e. The molecule has 9 heteroatoms. The van der Waals surface area contributed by atoms with E-state index in [1.165, 1.54) is 15.6 Å². The number of sulfonamides is 1. The minimum atomic E-state index is -3.62. The lowest BCUT2D eigenvalue weighted by molar-refractivity contribution is 0.159. The van der Waals surface area contributed by atoms with E-state index in [9.17, 15) is 8.42 Å². The van der Waals surface area contributed by atoms with Crippen molar-refractivity contribution in [2.45, 2.75) is 18.0 Å². The third-order valence-corrected chi connectivity index (χ3v) is 6.71. The van der Waals surface area contributed by atoms with Crippen LogP contribution in [0.2, 0.25) is 5.15 Å². The highest BCUT2D eigenvalue weighted by Gasteiger charge is 2.35. The lowest BCUT2D eigenvalue weighted by Gasteiger charge is -2.36. The topological polar surface area (TPSA) is 57.9 Å². The van der Waals surface area contributed by atoms with Gasteiger partial charge in [-0.05, 0) is 14.0 Å². The second kappa shape index (κ2) is 4.96. The lowest BCUT2D eigenvalue weighted by Crippen LogP contribution is -2.52. The van der Waals surface area contributed by atoms with Crippen molar-refractivity contribution >= 4 is 37.9 Å². The van der Waals surface area contributed by atoms with Gasteiger partial charge < -0.3 is 4.90 Å². The molecule has 6 nitrogen and oxygen atoms in total. The van der Waals surface area contributed by atoms with Crippen LogP contribution >= 0.6 is 22.9 Å². The van der Waals surface area contributed by atoms with Crippen LogP contribution in [0, 0.1) is 0 Å². The monoisotopic (exact) mass is 334 g/mol. The standard InChI is InChI=1S/C11H15ClN4O2S2/c1-8-7-15(4-3-14(8)2)20(17,18)10-9(12)13-11-16(10)5-6-19-11/h5-6,8H,3-4,7H2,1-2H3. The average Bonchev–Trinajstić information content (AvgIpc) is 2.91. The third-order valence-electron chi connectivity index (χ3n) is 3.69. The van der Waals surface area contributed by atoms with Gasteiger partial charge in [0.2, 0.25) is 0 Å². The summed E-state index contributed by atoms with van der Waals surface area (Å²) in [5, 5.41) is 1.92. The van der Waals surface area contributed by atoms with Crippen LogP contribution in [-0.4, -0.2) is 59.7 Å². The number of nitrogens with zero attached hydrogens (tertiary/aromatic N) is 4. The summed E-state index contributed by atoms with van der Waals surface area (Å²) in [6.07, 6.45) is 1.69. The van der Waals surface area contributed by atoms with E-state index in [4.69, 9.17) is 11.6 Å². The zero-order valence-electron chi connectivity index (χ0n) is 11.2. The van der Waals surface area contributed by atoms with Crippen LogP contribution in [0.5, 0.6) is 0 Å². The fourth-order valence-electron chi connectivity index (χ4n) is 2.32. The molecule has 1 atom stereocenters. The Morgan fingerprint density at radius 2 is 2.20 bits per heavy atom. The molecule has 2 aromatic heterocycles. The fraction of sp³-hybridized carbons (Fsp3) is 0.545. The zero-order chi connectivity index (χ0) is 14.5. The Bertz CT molecular complexity index is 739. The molecule has 0 bridgehead atoms. The summed E-state index contributed by atoms with van der Waals surface area (Å²) in [6, 6.07) is 0.184. The first-order chi connectivity index (χ1) is 9.41. The van der Waals surface area contributed by atoms with Gasteiger partial charge >= 0.3 is 0 Å². The van der Waals surface area contributed by atoms with Crippen LogP contribution in [0.15, 0.2) is 16.6 Å². The fourth-order valence-corrected chi connectivity index (χ4v) is 5.24. The number of imidazole rings is 1. The number of halogens is 1. The molecule has 1 unspecified atom stereocenters. The first kappa shape index (κ1) is 14.3. The van der Waals surface area contributed by atoms with E-state index in [-0.39, 0.29) is 16.2 Å². The molecule has 3 rings (SSSR count). The molecule has 110 valence electrons. The first-order valence-corrected chi connectivity index (χ1v) is 8.92. The maximum absolute atomic E-state index is 12.8. The molecule has 1 fully saturated rings. The van der Waals surface area contributed by atoms with Gasteiger partial charge in [0.15, 0.2) is 15.1 Å². The zero-order valence-corrected chi connectivity index (χ0v) is 13.5. The van der Waals surface area contributed by atoms with E-state index >= 15 is 0 Å². The van der Waals surface area contributed by atoms with E-state index in [1.807, 2.05) is 14.0 Å². The number of fused-ring (bicyclic) bond motifs is 1. The maximum Gasteiger partial charge on any atom is 0.262 e. The molecular formula is C11H15ClN4O2S2. The van der Waals surface area contributed by atoms with Gasteiger partial charge in [-0.3, -0.25) is 4.40 Å². The van der Waals surface area contributed by atoms with Crippen molar-refractivity contribution in [1.29, 1.82) is 0 Å². The molecule has 1 saturated heterocycles. The van der Waals surface area contributed by atoms with E-state index in [2.05, 4.69) is 9.88 Å². The van der Waals surface area contributed by atoms with Crippen LogP contribution in [0.1, 0.15) is 6.92 Å². The molecule has 0 spiro atoms. The predicted octanol–water partition coefficient (Wildman–Crippen LogP) is 1.37. The Balaban J connectivity index is 2.04. The van der Waals surface area contributed by atoms with Crippen LogP contribution in [0.3, 0.4) is 0 Å². The molecule has 0 N–H and O–H groups in total. The first-order valence-electron chi connectivity index (χ1n) is 6.22. The SMILES string of the molecule is CC1CN(S(=O)(=O)c2c(Cl)nc3sccn23)CCN1C. The van der Waals surface area contributed by atoms with Gasteiger partial charge in [0.1, 0.15) is 0 Å². The highest BCUT2D eigenvalue weighted by Crippen LogP contribution is 2.28. The number of hydrogen-bond donors (Lipinski definition) is 0. The highest BCUT2D eigenvalue weighted by atomic mass is 35.5. The van der Waals surface area contributed by atoms with Crippen molar-refractivity contribution in [2.75, 3.05) is 26.7 Å². The van der Waals surface area contributed by atoms with E-state index < -0.39 is 10.0 Å². The van der Waals surface area contributed by atoms with Gasteiger partial charge in [0.05, 0.1) is 0 Å². The van der Waals surface area contributed by atoms with Gasteiger partial charge in [0, 0.05) is 37.3 Å². The van der Waals surface area contributed by atoms with Gasteiger partial charge in [-0.15, -0.1) is 11.3 Å². The van der Waals surface area contributed by atoms with Gasteiger partial charge in [0.25, 0.3) is 10.0 Å². The van der Waals surface area contributed by atoms with Crippen LogP contribution in [0.4, 0.5) is 0 Å². The van der Waals surface area contributed by atoms with Crippen molar-refractivity contribution in [3.05, 3.63) is 16.7 Å². The highest BCUT2D eigenvalue weighted by molar-refractivity contribution is 7.89. The van der Waals surface area contributed by atoms with Gasteiger partial charge in [-0.1, -0.05) is 11.6 Å². The summed E-state index contributed by atoms with van der Waals surface area (Å²) < 4.78 is 28.6. The number of piperazine rings is 1. The second-order valence-electron chi connectivity index (χ2n) is 4.96. The van der Waals surface area contributed by atoms with Gasteiger partial charge in [-0.25, -0.2) is 13.4 Å². The normalized spacial score (nSPS) is 22.6. The summed E-state index contributed by atoms with van der Waals surface area (Å²) in [5.41, 5.74) is 0. The molecule has 1 aliphatic rings. The Labute approximate surface area is 126 Å². The van der Waals surface area contributed by atoms with E-state index in [1.54, 1.807) is 16.0 Å². The molecule has 2 aromatic rings. The quantitative estimate of drug-likeness (QED) is 0.832. The Kier molecular flexibility index (Phi) is 3.54. The molecule has 0 aromatic carbocycles. The van der Waals surface area contributed by atoms with E-state index in [0.717, 1.165) is 0 Å². The molecule has 1 aliphatic heterocycles. The molecule has 20 heavy (non-hydrogen) atoms. The summed E-state index contributed by atoms with van der Waals surface area (Å²) in [7, 11) is -1.62. The summed E-state index contributed by atoms with van der Waals surface area (Å²) in [4.78, 5) is 6.84. The maximum atomic E-state index is 12.8. The van der Waals surface area contributed by atoms with Crippen molar-refractivity contribution in [2.24, 2.45) is 0 Å². The van der Waals surface area contributed by atoms with Crippen LogP contribution in [0.25, 0.3) is 4.96 Å². The minimum absolute atomic E-state index is 0.0448. The van der Waals surface area contributed by atoms with Crippen molar-refractivity contribution < 1.29 is 8.42 Å². The number of rotatable bonds is 2. The molecule has 3 heterocycles. The Morgan fingerprint density at radius 3 is 2.90 bits per heavy atom. The summed E-state index contributed by atoms with van der Waals surface area (Å²) in [6.45, 7) is 3.66. The minimum Gasteiger partial charge on any atom is -0.301 e. The van der Waals surface area contributed by atoms with E-state index in [0.29, 0.717) is 24.6 Å². The Hall–Kier alpha value is -0.670. The predicted molar refractivity (Wildman–Crippen MR) is 78.9 cm³/mol. The molecule has 0 radical (unpaired) electrons. The smallest absolute Gasteiger partial charge is 0.262 e. The van der Waals surface area contributed by atoms with Crippen LogP contribution in [-0.2, 0) is 10.0 Å². The van der Waals surface area contributed by atoms with Crippen molar-refractivity contribution in [3.8, 4) is 0 Å². The number of hydrogen-bond acceptors (Lipinski definition) is 5. The molecular weight excluding hydrogens is 320 g/mol. The molecule has 0 aliphatic carbocycles. The molecule has 0 amide bonds.